The number of hydrogen-bond acceptors (Lipinski definition) is 4. The largest absolute Gasteiger partial charge is 0.365 e. The van der Waals surface area contributed by atoms with E-state index < -0.39 is 0 Å². The molecule has 0 saturated carbocycles. The number of aromatic nitrogens is 1. The minimum absolute atomic E-state index is 1.06. The average molecular weight is 225 g/mol. The molecule has 1 saturated heterocycles. The fourth-order valence-corrected chi connectivity index (χ4v) is 1.53. The maximum atomic E-state index is 4.70. The molecule has 0 amide bonds. The summed E-state index contributed by atoms with van der Waals surface area (Å²) in [5.74, 6) is 0. The van der Waals surface area contributed by atoms with Gasteiger partial charge in [0.15, 0.2) is 0 Å². The summed E-state index contributed by atoms with van der Waals surface area (Å²) in [5.41, 5.74) is 1.08. The van der Waals surface area contributed by atoms with Crippen molar-refractivity contribution in [2.45, 2.75) is 32.6 Å². The summed E-state index contributed by atoms with van der Waals surface area (Å²) in [4.78, 5) is 0. The van der Waals surface area contributed by atoms with Gasteiger partial charge >= 0.3 is 0 Å². The highest BCUT2D eigenvalue weighted by molar-refractivity contribution is 4.94. The molecule has 0 radical (unpaired) electrons. The van der Waals surface area contributed by atoms with Crippen molar-refractivity contribution in [2.75, 3.05) is 26.2 Å². The van der Waals surface area contributed by atoms with Crippen LogP contribution in [-0.2, 0) is 6.42 Å². The molecule has 1 aliphatic rings. The van der Waals surface area contributed by atoms with Crippen LogP contribution in [0.4, 0.5) is 0 Å². The summed E-state index contributed by atoms with van der Waals surface area (Å²) in [6.07, 6.45) is 6.46. The zero-order valence-electron chi connectivity index (χ0n) is 10.2. The van der Waals surface area contributed by atoms with Crippen LogP contribution in [-0.4, -0.2) is 31.3 Å². The third kappa shape index (κ3) is 6.58. The van der Waals surface area contributed by atoms with Gasteiger partial charge in [-0.2, -0.15) is 0 Å². The van der Waals surface area contributed by atoms with E-state index in [0.717, 1.165) is 38.3 Å². The van der Waals surface area contributed by atoms with Gasteiger partial charge in [-0.1, -0.05) is 24.9 Å². The van der Waals surface area contributed by atoms with E-state index in [1.54, 1.807) is 6.26 Å². The molecule has 4 nitrogen and oxygen atoms in total. The van der Waals surface area contributed by atoms with Crippen molar-refractivity contribution in [1.29, 1.82) is 0 Å². The highest BCUT2D eigenvalue weighted by atomic mass is 16.5. The molecule has 0 atom stereocenters. The van der Waals surface area contributed by atoms with Crippen molar-refractivity contribution >= 4 is 0 Å². The molecule has 1 aromatic heterocycles. The van der Waals surface area contributed by atoms with Crippen LogP contribution in [0.2, 0.25) is 0 Å². The summed E-state index contributed by atoms with van der Waals surface area (Å²) >= 11 is 0. The minimum atomic E-state index is 1.06. The molecular formula is C12H23N3O. The Labute approximate surface area is 97.8 Å². The van der Waals surface area contributed by atoms with Crippen LogP contribution >= 0.6 is 0 Å². The van der Waals surface area contributed by atoms with Crippen molar-refractivity contribution in [1.82, 2.24) is 15.8 Å². The molecule has 2 rings (SSSR count). The summed E-state index contributed by atoms with van der Waals surface area (Å²) in [6, 6.07) is 1.93. The molecule has 4 heteroatoms. The van der Waals surface area contributed by atoms with Crippen molar-refractivity contribution in [3.05, 3.63) is 18.0 Å². The van der Waals surface area contributed by atoms with Crippen molar-refractivity contribution < 1.29 is 4.52 Å². The number of nitrogens with one attached hydrogen (secondary N) is 2. The molecule has 0 bridgehead atoms. The van der Waals surface area contributed by atoms with Gasteiger partial charge in [-0.15, -0.1) is 0 Å². The number of nitrogens with zero attached hydrogens (tertiary/aromatic N) is 1. The highest BCUT2D eigenvalue weighted by Crippen LogP contribution is 2.02. The summed E-state index contributed by atoms with van der Waals surface area (Å²) in [5, 5.41) is 10.3. The number of hydrogen-bond donors (Lipinski definition) is 2. The first-order valence-corrected chi connectivity index (χ1v) is 6.24. The van der Waals surface area contributed by atoms with Gasteiger partial charge in [0.05, 0.1) is 5.69 Å². The topological polar surface area (TPSA) is 50.1 Å². The Morgan fingerprint density at radius 1 is 1.19 bits per heavy atom. The van der Waals surface area contributed by atoms with Gasteiger partial charge in [-0.25, -0.2) is 0 Å². The van der Waals surface area contributed by atoms with Gasteiger partial charge in [0.2, 0.25) is 0 Å². The first kappa shape index (κ1) is 13.2. The second-order valence-electron chi connectivity index (χ2n) is 3.95. The Morgan fingerprint density at radius 2 is 1.88 bits per heavy atom. The third-order valence-electron chi connectivity index (χ3n) is 2.48. The fraction of sp³-hybridized carbons (Fsp3) is 0.750. The van der Waals surface area contributed by atoms with E-state index >= 15 is 0 Å². The Hall–Kier alpha value is -0.870. The van der Waals surface area contributed by atoms with Crippen molar-refractivity contribution in [3.8, 4) is 0 Å². The first-order chi connectivity index (χ1) is 7.93. The predicted molar refractivity (Wildman–Crippen MR) is 65.5 cm³/mol. The van der Waals surface area contributed by atoms with Crippen LogP contribution in [0.15, 0.2) is 16.9 Å². The monoisotopic (exact) mass is 225 g/mol. The lowest BCUT2D eigenvalue weighted by Crippen LogP contribution is -2.39. The van der Waals surface area contributed by atoms with Gasteiger partial charge in [0.25, 0.3) is 0 Å². The second kappa shape index (κ2) is 9.36. The lowest BCUT2D eigenvalue weighted by Gasteiger charge is -2.11. The molecule has 0 spiro atoms. The van der Waals surface area contributed by atoms with Crippen LogP contribution < -0.4 is 10.6 Å². The van der Waals surface area contributed by atoms with E-state index in [1.165, 1.54) is 19.3 Å². The van der Waals surface area contributed by atoms with E-state index in [-0.39, 0.29) is 0 Å². The fourth-order valence-electron chi connectivity index (χ4n) is 1.53. The highest BCUT2D eigenvalue weighted by Gasteiger charge is 1.94. The van der Waals surface area contributed by atoms with Gasteiger partial charge in [0.1, 0.15) is 6.26 Å². The average Bonchev–Trinajstić information content (AvgIpc) is 2.86. The number of unbranched alkanes of at least 4 members (excludes halogenated alkanes) is 2. The summed E-state index contributed by atoms with van der Waals surface area (Å²) < 4.78 is 4.70. The van der Waals surface area contributed by atoms with E-state index in [4.69, 9.17) is 4.52 Å². The zero-order valence-corrected chi connectivity index (χ0v) is 10.2. The molecule has 0 aliphatic carbocycles. The smallest absolute Gasteiger partial charge is 0.124 e. The van der Waals surface area contributed by atoms with Crippen LogP contribution in [0.25, 0.3) is 0 Å². The molecule has 1 aliphatic heterocycles. The second-order valence-corrected chi connectivity index (χ2v) is 3.95. The Kier molecular flexibility index (Phi) is 7.72. The van der Waals surface area contributed by atoms with Gasteiger partial charge in [0, 0.05) is 32.2 Å². The SMILES string of the molecule is C1CNCCN1.CCCCCc1ccon1. The minimum Gasteiger partial charge on any atom is -0.365 e. The normalized spacial score (nSPS) is 15.3. The van der Waals surface area contributed by atoms with Gasteiger partial charge in [-0.05, 0) is 12.8 Å². The molecule has 16 heavy (non-hydrogen) atoms. The maximum absolute atomic E-state index is 4.70. The van der Waals surface area contributed by atoms with Crippen molar-refractivity contribution in [3.63, 3.8) is 0 Å². The van der Waals surface area contributed by atoms with Gasteiger partial charge in [-0.3, -0.25) is 0 Å². The van der Waals surface area contributed by atoms with Crippen LogP contribution in [0, 0.1) is 0 Å². The number of piperazine rings is 1. The quantitative estimate of drug-likeness (QED) is 0.764. The molecule has 1 aromatic rings. The summed E-state index contributed by atoms with van der Waals surface area (Å²) in [6.45, 7) is 6.75. The van der Waals surface area contributed by atoms with Crippen molar-refractivity contribution in [2.24, 2.45) is 0 Å². The van der Waals surface area contributed by atoms with Crippen LogP contribution in [0.3, 0.4) is 0 Å². The van der Waals surface area contributed by atoms with Gasteiger partial charge < -0.3 is 15.2 Å². The predicted octanol–water partition coefficient (Wildman–Crippen LogP) is 1.59. The van der Waals surface area contributed by atoms with E-state index in [0.29, 0.717) is 0 Å². The van der Waals surface area contributed by atoms with Crippen LogP contribution in [0.1, 0.15) is 31.9 Å². The number of aryl methyl sites for hydroxylation is 1. The summed E-state index contributed by atoms with van der Waals surface area (Å²) in [7, 11) is 0. The lowest BCUT2D eigenvalue weighted by atomic mass is 10.2. The Bertz CT molecular complexity index is 221. The molecule has 1 fully saturated rings. The zero-order chi connectivity index (χ0) is 11.5. The molecule has 0 aromatic carbocycles. The molecule has 92 valence electrons. The molecule has 2 heterocycles. The standard InChI is InChI=1S/C8H13NO.C4H10N2/c1-2-3-4-5-8-6-7-10-9-8;1-2-6-4-3-5-1/h6-7H,2-5H2,1H3;5-6H,1-4H2. The van der Waals surface area contributed by atoms with Crippen LogP contribution in [0.5, 0.6) is 0 Å². The lowest BCUT2D eigenvalue weighted by molar-refractivity contribution is 0.410. The third-order valence-corrected chi connectivity index (χ3v) is 2.48. The van der Waals surface area contributed by atoms with E-state index in [2.05, 4.69) is 22.7 Å². The molecule has 0 unspecified atom stereocenters. The first-order valence-electron chi connectivity index (χ1n) is 6.24. The molecular weight excluding hydrogens is 202 g/mol. The number of rotatable bonds is 4. The van der Waals surface area contributed by atoms with E-state index in [1.807, 2.05) is 6.07 Å². The Morgan fingerprint density at radius 3 is 2.31 bits per heavy atom. The van der Waals surface area contributed by atoms with E-state index in [9.17, 15) is 0 Å². The Balaban J connectivity index is 0.000000181. The maximum Gasteiger partial charge on any atom is 0.124 e. The molecule has 2 N–H and O–H groups in total.